The molecule has 0 saturated carbocycles. The summed E-state index contributed by atoms with van der Waals surface area (Å²) in [5, 5.41) is 11.2. The first-order valence-corrected chi connectivity index (χ1v) is 8.80. The van der Waals surface area contributed by atoms with Crippen molar-refractivity contribution in [2.24, 2.45) is 0 Å². The molecule has 2 aliphatic heterocycles. The fourth-order valence-electron chi connectivity index (χ4n) is 3.56. The predicted molar refractivity (Wildman–Crippen MR) is 98.3 cm³/mol. The van der Waals surface area contributed by atoms with Crippen LogP contribution in [0.4, 0.5) is 11.4 Å². The summed E-state index contributed by atoms with van der Waals surface area (Å²) in [6, 6.07) is 14.3. The largest absolute Gasteiger partial charge is 0.312 e. The second-order valence-electron chi connectivity index (χ2n) is 6.63. The van der Waals surface area contributed by atoms with E-state index in [-0.39, 0.29) is 12.8 Å². The van der Waals surface area contributed by atoms with E-state index < -0.39 is 35.7 Å². The van der Waals surface area contributed by atoms with Crippen LogP contribution in [0.3, 0.4) is 0 Å². The zero-order valence-electron chi connectivity index (χ0n) is 14.8. The van der Waals surface area contributed by atoms with Crippen molar-refractivity contribution >= 4 is 35.0 Å². The lowest BCUT2D eigenvalue weighted by atomic mass is 10.1. The fraction of sp³-hybridized carbons (Fsp3) is 0.200. The van der Waals surface area contributed by atoms with Crippen LogP contribution in [-0.2, 0) is 19.2 Å². The topological polar surface area (TPSA) is 98.2 Å². The Morgan fingerprint density at radius 3 is 1.39 bits per heavy atom. The van der Waals surface area contributed by atoms with Crippen molar-refractivity contribution in [3.63, 3.8) is 0 Å². The fourth-order valence-corrected chi connectivity index (χ4v) is 3.56. The number of rotatable bonds is 4. The highest BCUT2D eigenvalue weighted by Gasteiger charge is 2.50. The van der Waals surface area contributed by atoms with E-state index >= 15 is 0 Å². The molecule has 2 heterocycles. The van der Waals surface area contributed by atoms with Gasteiger partial charge in [0.1, 0.15) is 12.1 Å². The molecule has 142 valence electrons. The number of imide groups is 2. The molecule has 2 atom stereocenters. The highest BCUT2D eigenvalue weighted by Crippen LogP contribution is 2.30. The van der Waals surface area contributed by atoms with Crippen molar-refractivity contribution in [1.29, 1.82) is 0 Å². The molecule has 1 N–H and O–H groups in total. The van der Waals surface area contributed by atoms with Crippen LogP contribution in [-0.4, -0.2) is 46.0 Å². The molecule has 28 heavy (non-hydrogen) atoms. The van der Waals surface area contributed by atoms with Crippen LogP contribution in [0.15, 0.2) is 60.7 Å². The number of para-hydroxylation sites is 2. The summed E-state index contributed by atoms with van der Waals surface area (Å²) < 4.78 is 0. The number of hydrogen-bond donors (Lipinski definition) is 1. The standard InChI is InChI=1S/C20H17N3O5/c24-17-11-15(19(26)21(17)13-7-3-1-4-8-13)23(28)16-12-18(25)22(20(16)27)14-9-5-2-6-10-14/h1-10,15-16,28H,11-12H2/t15-,16-/m0/s1. The number of nitrogens with zero attached hydrogens (tertiary/aromatic N) is 3. The molecule has 2 saturated heterocycles. The van der Waals surface area contributed by atoms with E-state index in [4.69, 9.17) is 0 Å². The number of carbonyl (C=O) groups is 4. The zero-order valence-corrected chi connectivity index (χ0v) is 14.8. The Kier molecular flexibility index (Phi) is 4.50. The molecule has 0 bridgehead atoms. The first-order valence-electron chi connectivity index (χ1n) is 8.80. The number of amides is 4. The molecular weight excluding hydrogens is 362 g/mol. The third-order valence-electron chi connectivity index (χ3n) is 4.91. The Balaban J connectivity index is 1.56. The molecular formula is C20H17N3O5. The van der Waals surface area contributed by atoms with Gasteiger partial charge >= 0.3 is 0 Å². The van der Waals surface area contributed by atoms with E-state index in [1.165, 1.54) is 0 Å². The zero-order chi connectivity index (χ0) is 19.8. The van der Waals surface area contributed by atoms with Crippen LogP contribution in [0.1, 0.15) is 12.8 Å². The summed E-state index contributed by atoms with van der Waals surface area (Å²) in [5.41, 5.74) is 0.793. The van der Waals surface area contributed by atoms with E-state index in [0.29, 0.717) is 16.4 Å². The third kappa shape index (κ3) is 2.88. The molecule has 8 nitrogen and oxygen atoms in total. The van der Waals surface area contributed by atoms with Gasteiger partial charge in [-0.25, -0.2) is 9.80 Å². The Labute approximate surface area is 160 Å². The summed E-state index contributed by atoms with van der Waals surface area (Å²) in [6.07, 6.45) is -0.541. The maximum absolute atomic E-state index is 12.7. The van der Waals surface area contributed by atoms with Gasteiger partial charge in [-0.3, -0.25) is 19.2 Å². The lowest BCUT2D eigenvalue weighted by Gasteiger charge is -2.25. The molecule has 0 unspecified atom stereocenters. The van der Waals surface area contributed by atoms with E-state index in [1.54, 1.807) is 60.7 Å². The Hall–Kier alpha value is -3.36. The van der Waals surface area contributed by atoms with Crippen LogP contribution < -0.4 is 9.80 Å². The minimum atomic E-state index is -1.22. The van der Waals surface area contributed by atoms with Crippen LogP contribution >= 0.6 is 0 Å². The minimum absolute atomic E-state index is 0.270. The van der Waals surface area contributed by atoms with Crippen LogP contribution in [0.5, 0.6) is 0 Å². The molecule has 2 aromatic rings. The van der Waals surface area contributed by atoms with Crippen LogP contribution in [0.25, 0.3) is 0 Å². The second kappa shape index (κ2) is 6.99. The van der Waals surface area contributed by atoms with Crippen molar-refractivity contribution < 1.29 is 24.4 Å². The summed E-state index contributed by atoms with van der Waals surface area (Å²) in [7, 11) is 0. The third-order valence-corrected chi connectivity index (χ3v) is 4.91. The van der Waals surface area contributed by atoms with Gasteiger partial charge in [-0.05, 0) is 24.3 Å². The average molecular weight is 379 g/mol. The van der Waals surface area contributed by atoms with Gasteiger partial charge in [0.15, 0.2) is 0 Å². The van der Waals surface area contributed by atoms with Gasteiger partial charge in [0, 0.05) is 0 Å². The summed E-state index contributed by atoms with van der Waals surface area (Å²) >= 11 is 0. The van der Waals surface area contributed by atoms with E-state index in [1.807, 2.05) is 0 Å². The van der Waals surface area contributed by atoms with Crippen molar-refractivity contribution in [3.8, 4) is 0 Å². The van der Waals surface area contributed by atoms with Crippen molar-refractivity contribution in [2.45, 2.75) is 24.9 Å². The SMILES string of the molecule is O=C1C[C@H](N(O)[C@H]2CC(=O)N(c3ccccc3)C2=O)C(=O)N1c1ccccc1. The molecule has 2 fully saturated rings. The second-order valence-corrected chi connectivity index (χ2v) is 6.63. The molecule has 2 aliphatic rings. The minimum Gasteiger partial charge on any atom is -0.312 e. The van der Waals surface area contributed by atoms with Crippen LogP contribution in [0, 0.1) is 0 Å². The maximum Gasteiger partial charge on any atom is 0.254 e. The summed E-state index contributed by atoms with van der Waals surface area (Å²) in [6.45, 7) is 0. The Bertz CT molecular complexity index is 869. The smallest absolute Gasteiger partial charge is 0.254 e. The van der Waals surface area contributed by atoms with Crippen molar-refractivity contribution in [1.82, 2.24) is 5.06 Å². The number of benzene rings is 2. The van der Waals surface area contributed by atoms with E-state index in [0.717, 1.165) is 9.80 Å². The van der Waals surface area contributed by atoms with Gasteiger partial charge in [0.05, 0.1) is 24.2 Å². The highest BCUT2D eigenvalue weighted by atomic mass is 16.5. The van der Waals surface area contributed by atoms with Gasteiger partial charge in [0.25, 0.3) is 11.8 Å². The molecule has 0 aliphatic carbocycles. The first-order chi connectivity index (χ1) is 13.5. The van der Waals surface area contributed by atoms with Gasteiger partial charge in [-0.2, -0.15) is 5.06 Å². The highest BCUT2D eigenvalue weighted by molar-refractivity contribution is 6.24. The normalized spacial score (nSPS) is 22.6. The number of carbonyl (C=O) groups excluding carboxylic acids is 4. The quantitative estimate of drug-likeness (QED) is 0.636. The molecule has 8 heteroatoms. The van der Waals surface area contributed by atoms with Crippen molar-refractivity contribution in [3.05, 3.63) is 60.7 Å². The van der Waals surface area contributed by atoms with Crippen molar-refractivity contribution in [2.75, 3.05) is 9.80 Å². The van der Waals surface area contributed by atoms with Gasteiger partial charge in [-0.15, -0.1) is 0 Å². The molecule has 2 aromatic carbocycles. The van der Waals surface area contributed by atoms with Gasteiger partial charge in [-0.1, -0.05) is 36.4 Å². The monoisotopic (exact) mass is 379 g/mol. The maximum atomic E-state index is 12.7. The molecule has 0 radical (unpaired) electrons. The van der Waals surface area contributed by atoms with Crippen LogP contribution in [0.2, 0.25) is 0 Å². The molecule has 4 rings (SSSR count). The first kappa shape index (κ1) is 18.0. The Morgan fingerprint density at radius 2 is 1.04 bits per heavy atom. The number of hydrogen-bond acceptors (Lipinski definition) is 6. The number of anilines is 2. The summed E-state index contributed by atoms with van der Waals surface area (Å²) in [5.74, 6) is -2.21. The lowest BCUT2D eigenvalue weighted by molar-refractivity contribution is -0.172. The summed E-state index contributed by atoms with van der Waals surface area (Å²) in [4.78, 5) is 52.2. The van der Waals surface area contributed by atoms with E-state index in [9.17, 15) is 24.4 Å². The van der Waals surface area contributed by atoms with Gasteiger partial charge in [0.2, 0.25) is 11.8 Å². The predicted octanol–water partition coefficient (Wildman–Crippen LogP) is 1.34. The molecule has 4 amide bonds. The Morgan fingerprint density at radius 1 is 0.679 bits per heavy atom. The molecule has 0 aromatic heterocycles. The average Bonchev–Trinajstić information content (AvgIpc) is 3.17. The number of hydroxylamine groups is 2. The molecule has 0 spiro atoms. The van der Waals surface area contributed by atoms with E-state index in [2.05, 4.69) is 0 Å². The lowest BCUT2D eigenvalue weighted by Crippen LogP contribution is -2.48. The van der Waals surface area contributed by atoms with Gasteiger partial charge < -0.3 is 5.21 Å².